The van der Waals surface area contributed by atoms with Gasteiger partial charge in [0.05, 0.1) is 6.10 Å². The molecule has 0 amide bonds. The molecular weight excluding hydrogens is 300 g/mol. The number of hydrogen-bond acceptors (Lipinski definition) is 4. The Labute approximate surface area is 112 Å². The third kappa shape index (κ3) is 3.28. The normalized spacial score (nSPS) is 12.4. The van der Waals surface area contributed by atoms with Crippen LogP contribution in [0.25, 0.3) is 0 Å². The second kappa shape index (κ2) is 5.62. The van der Waals surface area contributed by atoms with Crippen LogP contribution in [-0.4, -0.2) is 15.1 Å². The van der Waals surface area contributed by atoms with Crippen LogP contribution in [0, 0.1) is 0 Å². The monoisotopic (exact) mass is 310 g/mol. The van der Waals surface area contributed by atoms with Crippen LogP contribution in [0.5, 0.6) is 0 Å². The van der Waals surface area contributed by atoms with E-state index >= 15 is 0 Å². The van der Waals surface area contributed by atoms with Crippen molar-refractivity contribution in [3.63, 3.8) is 0 Å². The summed E-state index contributed by atoms with van der Waals surface area (Å²) in [5.74, 6) is 0. The van der Waals surface area contributed by atoms with Crippen molar-refractivity contribution in [1.82, 2.24) is 9.97 Å². The molecule has 0 radical (unpaired) electrons. The molecular formula is C12H11BrN2OS. The Balaban J connectivity index is 2.34. The van der Waals surface area contributed by atoms with E-state index in [1.807, 2.05) is 24.3 Å². The number of aliphatic hydroxyl groups excluding tert-OH is 1. The summed E-state index contributed by atoms with van der Waals surface area (Å²) in [6.07, 6.45) is 2.73. The zero-order chi connectivity index (χ0) is 12.3. The molecule has 1 unspecified atom stereocenters. The highest BCUT2D eigenvalue weighted by atomic mass is 79.9. The van der Waals surface area contributed by atoms with E-state index in [-0.39, 0.29) is 0 Å². The van der Waals surface area contributed by atoms with Gasteiger partial charge in [-0.05, 0) is 30.7 Å². The van der Waals surface area contributed by atoms with E-state index in [0.717, 1.165) is 20.0 Å². The van der Waals surface area contributed by atoms with Gasteiger partial charge in [-0.1, -0.05) is 33.8 Å². The molecule has 1 aromatic carbocycles. The average Bonchev–Trinajstić information content (AvgIpc) is 2.30. The Morgan fingerprint density at radius 1 is 1.35 bits per heavy atom. The average molecular weight is 311 g/mol. The van der Waals surface area contributed by atoms with Gasteiger partial charge in [0.15, 0.2) is 0 Å². The van der Waals surface area contributed by atoms with E-state index in [1.54, 1.807) is 13.1 Å². The number of halogens is 1. The minimum absolute atomic E-state index is 0.493. The fourth-order valence-corrected chi connectivity index (χ4v) is 2.90. The predicted octanol–water partition coefficient (Wildman–Crippen LogP) is 3.44. The summed E-state index contributed by atoms with van der Waals surface area (Å²) in [7, 11) is 0. The molecule has 2 aromatic rings. The quantitative estimate of drug-likeness (QED) is 0.882. The Bertz CT molecular complexity index is 505. The molecule has 0 saturated carbocycles. The molecule has 0 aliphatic rings. The summed E-state index contributed by atoms with van der Waals surface area (Å²) in [6, 6.07) is 7.66. The van der Waals surface area contributed by atoms with Gasteiger partial charge >= 0.3 is 0 Å². The maximum Gasteiger partial charge on any atom is 0.116 e. The number of rotatable bonds is 3. The fourth-order valence-electron chi connectivity index (χ4n) is 1.39. The van der Waals surface area contributed by atoms with Crippen LogP contribution >= 0.6 is 27.7 Å². The molecule has 17 heavy (non-hydrogen) atoms. The van der Waals surface area contributed by atoms with Crippen molar-refractivity contribution in [3.05, 3.63) is 46.8 Å². The lowest BCUT2D eigenvalue weighted by molar-refractivity contribution is 0.196. The number of hydrogen-bond donors (Lipinski definition) is 1. The summed E-state index contributed by atoms with van der Waals surface area (Å²) >= 11 is 4.95. The van der Waals surface area contributed by atoms with E-state index in [0.29, 0.717) is 0 Å². The Hall–Kier alpha value is -0.910. The summed E-state index contributed by atoms with van der Waals surface area (Å²) in [5, 5.41) is 10.6. The van der Waals surface area contributed by atoms with Crippen LogP contribution in [0.4, 0.5) is 0 Å². The van der Waals surface area contributed by atoms with Crippen molar-refractivity contribution >= 4 is 27.7 Å². The van der Waals surface area contributed by atoms with Gasteiger partial charge in [0.25, 0.3) is 0 Å². The molecule has 0 aliphatic carbocycles. The van der Waals surface area contributed by atoms with Gasteiger partial charge in [-0.15, -0.1) is 0 Å². The van der Waals surface area contributed by atoms with Crippen LogP contribution in [0.15, 0.2) is 51.2 Å². The molecule has 3 nitrogen and oxygen atoms in total. The van der Waals surface area contributed by atoms with Crippen LogP contribution < -0.4 is 0 Å². The van der Waals surface area contributed by atoms with Crippen LogP contribution in [-0.2, 0) is 0 Å². The maximum atomic E-state index is 9.71. The first-order chi connectivity index (χ1) is 8.16. The van der Waals surface area contributed by atoms with Crippen molar-refractivity contribution in [2.24, 2.45) is 0 Å². The highest BCUT2D eigenvalue weighted by Gasteiger charge is 2.10. The first-order valence-electron chi connectivity index (χ1n) is 5.08. The second-order valence-corrected chi connectivity index (χ2v) is 5.49. The number of nitrogens with zero attached hydrogens (tertiary/aromatic N) is 2. The van der Waals surface area contributed by atoms with Crippen molar-refractivity contribution < 1.29 is 5.11 Å². The first-order valence-corrected chi connectivity index (χ1v) is 6.69. The van der Waals surface area contributed by atoms with Crippen molar-refractivity contribution in [1.29, 1.82) is 0 Å². The highest BCUT2D eigenvalue weighted by molar-refractivity contribution is 9.10. The van der Waals surface area contributed by atoms with Crippen LogP contribution in [0.2, 0.25) is 0 Å². The van der Waals surface area contributed by atoms with Gasteiger partial charge in [-0.2, -0.15) is 0 Å². The summed E-state index contributed by atoms with van der Waals surface area (Å²) < 4.78 is 0.985. The molecule has 5 heteroatoms. The minimum atomic E-state index is -0.493. The van der Waals surface area contributed by atoms with Gasteiger partial charge in [-0.25, -0.2) is 9.97 Å². The van der Waals surface area contributed by atoms with E-state index < -0.39 is 6.10 Å². The molecule has 0 saturated heterocycles. The molecule has 88 valence electrons. The molecule has 1 aromatic heterocycles. The van der Waals surface area contributed by atoms with Gasteiger partial charge in [0, 0.05) is 15.6 Å². The smallest absolute Gasteiger partial charge is 0.116 e. The zero-order valence-corrected chi connectivity index (χ0v) is 11.6. The van der Waals surface area contributed by atoms with E-state index in [2.05, 4.69) is 25.9 Å². The molecule has 1 N–H and O–H groups in total. The predicted molar refractivity (Wildman–Crippen MR) is 70.9 cm³/mol. The van der Waals surface area contributed by atoms with Crippen LogP contribution in [0.1, 0.15) is 18.6 Å². The summed E-state index contributed by atoms with van der Waals surface area (Å²) in [5.41, 5.74) is 0.900. The Morgan fingerprint density at radius 3 is 2.82 bits per heavy atom. The molecule has 2 rings (SSSR count). The molecule has 0 bridgehead atoms. The fraction of sp³-hybridized carbons (Fsp3) is 0.167. The standard InChI is InChI=1S/C12H11BrN2OS/c1-8(16)10-3-2-9(13)6-11(10)17-12-4-5-14-7-15-12/h2-8,16H,1H3. The van der Waals surface area contributed by atoms with E-state index in [1.165, 1.54) is 18.1 Å². The number of benzene rings is 1. The van der Waals surface area contributed by atoms with E-state index in [4.69, 9.17) is 0 Å². The molecule has 1 atom stereocenters. The highest BCUT2D eigenvalue weighted by Crippen LogP contribution is 2.33. The largest absolute Gasteiger partial charge is 0.389 e. The maximum absolute atomic E-state index is 9.71. The topological polar surface area (TPSA) is 46.0 Å². The van der Waals surface area contributed by atoms with Gasteiger partial charge in [-0.3, -0.25) is 0 Å². The second-order valence-electron chi connectivity index (χ2n) is 3.51. The zero-order valence-electron chi connectivity index (χ0n) is 9.17. The summed E-state index contributed by atoms with van der Waals surface area (Å²) in [4.78, 5) is 9.03. The Morgan fingerprint density at radius 2 is 2.18 bits per heavy atom. The summed E-state index contributed by atoms with van der Waals surface area (Å²) in [6.45, 7) is 1.76. The lowest BCUT2D eigenvalue weighted by Gasteiger charge is -2.11. The lowest BCUT2D eigenvalue weighted by atomic mass is 10.1. The van der Waals surface area contributed by atoms with Crippen molar-refractivity contribution in [2.45, 2.75) is 22.9 Å². The molecule has 0 fully saturated rings. The molecule has 1 heterocycles. The SMILES string of the molecule is CC(O)c1ccc(Br)cc1Sc1ccncn1. The third-order valence-corrected chi connectivity index (χ3v) is 3.71. The number of aliphatic hydroxyl groups is 1. The van der Waals surface area contributed by atoms with Gasteiger partial charge in [0.1, 0.15) is 11.4 Å². The number of aromatic nitrogens is 2. The van der Waals surface area contributed by atoms with Gasteiger partial charge < -0.3 is 5.11 Å². The third-order valence-electron chi connectivity index (χ3n) is 2.20. The molecule has 0 spiro atoms. The van der Waals surface area contributed by atoms with E-state index in [9.17, 15) is 5.11 Å². The van der Waals surface area contributed by atoms with Crippen LogP contribution in [0.3, 0.4) is 0 Å². The Kier molecular flexibility index (Phi) is 4.15. The lowest BCUT2D eigenvalue weighted by Crippen LogP contribution is -1.94. The van der Waals surface area contributed by atoms with Gasteiger partial charge in [0.2, 0.25) is 0 Å². The minimum Gasteiger partial charge on any atom is -0.389 e. The van der Waals surface area contributed by atoms with Crippen molar-refractivity contribution in [3.8, 4) is 0 Å². The first kappa shape index (κ1) is 12.5. The van der Waals surface area contributed by atoms with Crippen molar-refractivity contribution in [2.75, 3.05) is 0 Å². The molecule has 0 aliphatic heterocycles.